The first-order valence-electron chi connectivity index (χ1n) is 13.8. The summed E-state index contributed by atoms with van der Waals surface area (Å²) in [5.74, 6) is 0.840. The molecule has 2 aromatic carbocycles. The van der Waals surface area contributed by atoms with Crippen molar-refractivity contribution in [2.75, 3.05) is 39.3 Å². The molecule has 5 rings (SSSR count). The molecule has 6 nitrogen and oxygen atoms in total. The van der Waals surface area contributed by atoms with Gasteiger partial charge in [0, 0.05) is 48.4 Å². The van der Waals surface area contributed by atoms with Crippen LogP contribution in [0.5, 0.6) is 5.75 Å². The van der Waals surface area contributed by atoms with Gasteiger partial charge in [0.15, 0.2) is 0 Å². The molecular formula is C32H38ClN3O3. The van der Waals surface area contributed by atoms with Crippen LogP contribution in [0.25, 0.3) is 5.57 Å². The highest BCUT2D eigenvalue weighted by Gasteiger charge is 2.28. The molecule has 2 aromatic rings. The number of dihydropyridines is 1. The average Bonchev–Trinajstić information content (AvgIpc) is 3.33. The van der Waals surface area contributed by atoms with E-state index in [1.165, 1.54) is 5.56 Å². The minimum Gasteiger partial charge on any atom is -0.487 e. The Kier molecular flexibility index (Phi) is 8.57. The lowest BCUT2D eigenvalue weighted by molar-refractivity contribution is -0.109. The van der Waals surface area contributed by atoms with Gasteiger partial charge in [0.25, 0.3) is 0 Å². The molecule has 1 saturated heterocycles. The van der Waals surface area contributed by atoms with Crippen molar-refractivity contribution in [3.05, 3.63) is 93.7 Å². The largest absolute Gasteiger partial charge is 0.487 e. The first kappa shape index (κ1) is 27.7. The average molecular weight is 548 g/mol. The number of likely N-dealkylation sites (tertiary alicyclic amines) is 1. The number of nitrogens with one attached hydrogen (secondary N) is 1. The zero-order chi connectivity index (χ0) is 27.4. The normalized spacial score (nSPS) is 20.4. The van der Waals surface area contributed by atoms with Crippen molar-refractivity contribution in [1.29, 1.82) is 0 Å². The monoisotopic (exact) mass is 547 g/mol. The van der Waals surface area contributed by atoms with Crippen molar-refractivity contribution < 1.29 is 14.6 Å². The number of allylic oxidation sites excluding steroid dienone is 3. The molecule has 39 heavy (non-hydrogen) atoms. The molecule has 0 aliphatic carbocycles. The Morgan fingerprint density at radius 2 is 2.05 bits per heavy atom. The van der Waals surface area contributed by atoms with E-state index in [2.05, 4.69) is 39.4 Å². The summed E-state index contributed by atoms with van der Waals surface area (Å²) < 4.78 is 6.19. The fourth-order valence-electron chi connectivity index (χ4n) is 5.67. The van der Waals surface area contributed by atoms with E-state index in [-0.39, 0.29) is 0 Å². The highest BCUT2D eigenvalue weighted by Crippen LogP contribution is 2.39. The van der Waals surface area contributed by atoms with Gasteiger partial charge in [-0.15, -0.1) is 0 Å². The number of hydrogen-bond acceptors (Lipinski definition) is 6. The van der Waals surface area contributed by atoms with Gasteiger partial charge in [0.05, 0.1) is 17.8 Å². The second-order valence-corrected chi connectivity index (χ2v) is 11.5. The zero-order valence-electron chi connectivity index (χ0n) is 22.8. The predicted molar refractivity (Wildman–Crippen MR) is 157 cm³/mol. The number of aliphatic hydroxyl groups is 1. The maximum absolute atomic E-state index is 11.4. The van der Waals surface area contributed by atoms with E-state index in [9.17, 15) is 9.90 Å². The molecule has 3 aliphatic rings. The molecule has 0 spiro atoms. The van der Waals surface area contributed by atoms with Crippen LogP contribution in [0.15, 0.2) is 72.0 Å². The number of halogens is 1. The molecule has 0 unspecified atom stereocenters. The van der Waals surface area contributed by atoms with Crippen molar-refractivity contribution in [2.45, 2.75) is 44.9 Å². The number of carbonyl (C=O) groups is 1. The van der Waals surface area contributed by atoms with Crippen LogP contribution in [0.1, 0.15) is 43.4 Å². The number of benzene rings is 2. The van der Waals surface area contributed by atoms with Crippen molar-refractivity contribution >= 4 is 23.5 Å². The first-order valence-corrected chi connectivity index (χ1v) is 14.2. The summed E-state index contributed by atoms with van der Waals surface area (Å²) in [5.41, 5.74) is 5.52. The van der Waals surface area contributed by atoms with E-state index in [4.69, 9.17) is 16.3 Å². The molecule has 0 bridgehead atoms. The summed E-state index contributed by atoms with van der Waals surface area (Å²) in [6.45, 7) is 9.00. The van der Waals surface area contributed by atoms with Gasteiger partial charge >= 0.3 is 0 Å². The van der Waals surface area contributed by atoms with E-state index in [1.54, 1.807) is 0 Å². The molecule has 2 N–H and O–H groups in total. The van der Waals surface area contributed by atoms with Gasteiger partial charge in [-0.2, -0.15) is 0 Å². The number of nitrogens with zero attached hydrogens (tertiary/aromatic N) is 2. The van der Waals surface area contributed by atoms with Gasteiger partial charge in [-0.3, -0.25) is 4.90 Å². The fourth-order valence-corrected chi connectivity index (χ4v) is 5.79. The van der Waals surface area contributed by atoms with Gasteiger partial charge in [-0.1, -0.05) is 48.0 Å². The number of ether oxygens (including phenoxy) is 1. The Hall–Kier alpha value is -2.90. The highest BCUT2D eigenvalue weighted by atomic mass is 35.5. The molecule has 1 atom stereocenters. The minimum atomic E-state index is -0.936. The van der Waals surface area contributed by atoms with Gasteiger partial charge in [0.2, 0.25) is 0 Å². The molecule has 206 valence electrons. The molecule has 1 fully saturated rings. The minimum absolute atomic E-state index is 0.347. The summed E-state index contributed by atoms with van der Waals surface area (Å²) in [7, 11) is 0. The van der Waals surface area contributed by atoms with E-state index >= 15 is 0 Å². The maximum atomic E-state index is 11.4. The molecule has 0 aromatic heterocycles. The van der Waals surface area contributed by atoms with Crippen LogP contribution in [-0.2, 0) is 16.9 Å². The Labute approximate surface area is 236 Å². The molecule has 0 radical (unpaired) electrons. The van der Waals surface area contributed by atoms with E-state index in [0.29, 0.717) is 19.2 Å². The lowest BCUT2D eigenvalue weighted by Crippen LogP contribution is -2.38. The molecule has 7 heteroatoms. The number of fused-ring (bicyclic) bond motifs is 1. The lowest BCUT2D eigenvalue weighted by atomic mass is 9.89. The standard InChI is InChI=1S/C32H38ClN3O3/c1-32(2,38)24-9-12-31-29(19-24)27(28-5-3-14-34-30(28)22-39-31)6-4-15-35-16-13-26(21-35)36(17-18-37)20-23-7-10-25(33)11-8-23/h3,5-12,18-19,26,34,38H,4,13-17,20-22H2,1-2H3/b27-6+/t26-/m1/s1. The quantitative estimate of drug-likeness (QED) is 0.434. The number of hydrogen-bond donors (Lipinski definition) is 2. The van der Waals surface area contributed by atoms with Gasteiger partial charge in [-0.25, -0.2) is 0 Å². The van der Waals surface area contributed by atoms with Gasteiger partial charge < -0.3 is 24.9 Å². The highest BCUT2D eigenvalue weighted by molar-refractivity contribution is 6.30. The summed E-state index contributed by atoms with van der Waals surface area (Å²) in [4.78, 5) is 16.2. The van der Waals surface area contributed by atoms with Crippen molar-refractivity contribution in [3.8, 4) is 5.75 Å². The Morgan fingerprint density at radius 1 is 1.23 bits per heavy atom. The molecule has 3 heterocycles. The van der Waals surface area contributed by atoms with E-state index in [0.717, 1.165) is 90.6 Å². The van der Waals surface area contributed by atoms with Crippen molar-refractivity contribution in [1.82, 2.24) is 15.1 Å². The second-order valence-electron chi connectivity index (χ2n) is 11.1. The lowest BCUT2D eigenvalue weighted by Gasteiger charge is -2.27. The van der Waals surface area contributed by atoms with Crippen LogP contribution >= 0.6 is 11.6 Å². The van der Waals surface area contributed by atoms with Crippen LogP contribution in [0.4, 0.5) is 0 Å². The number of aldehydes is 1. The summed E-state index contributed by atoms with van der Waals surface area (Å²) in [6.07, 6.45) is 9.60. The van der Waals surface area contributed by atoms with E-state index in [1.807, 2.05) is 50.2 Å². The SMILES string of the molecule is CC(C)(O)c1ccc2c(c1)/C(=C/CCN1CC[C@@H](N(CC=O)Cc3ccc(Cl)cc3)C1)C1=C(CO2)NCC=C1. The van der Waals surface area contributed by atoms with Crippen LogP contribution in [0.2, 0.25) is 5.02 Å². The van der Waals surface area contributed by atoms with Gasteiger partial charge in [-0.05, 0) is 74.2 Å². The molecule has 0 amide bonds. The maximum Gasteiger partial charge on any atom is 0.134 e. The number of rotatable bonds is 9. The third-order valence-corrected chi connectivity index (χ3v) is 8.10. The second kappa shape index (κ2) is 12.1. The summed E-state index contributed by atoms with van der Waals surface area (Å²) in [6, 6.07) is 14.2. The zero-order valence-corrected chi connectivity index (χ0v) is 23.6. The van der Waals surface area contributed by atoms with Crippen LogP contribution < -0.4 is 10.1 Å². The topological polar surface area (TPSA) is 65.0 Å². The summed E-state index contributed by atoms with van der Waals surface area (Å²) in [5, 5.41) is 14.9. The molecular weight excluding hydrogens is 510 g/mol. The van der Waals surface area contributed by atoms with Crippen LogP contribution in [-0.4, -0.2) is 66.6 Å². The Bertz CT molecular complexity index is 1280. The van der Waals surface area contributed by atoms with Crippen molar-refractivity contribution in [2.24, 2.45) is 0 Å². The molecule has 3 aliphatic heterocycles. The van der Waals surface area contributed by atoms with Crippen LogP contribution in [0.3, 0.4) is 0 Å². The van der Waals surface area contributed by atoms with Crippen molar-refractivity contribution in [3.63, 3.8) is 0 Å². The third-order valence-electron chi connectivity index (χ3n) is 7.85. The third kappa shape index (κ3) is 6.64. The smallest absolute Gasteiger partial charge is 0.134 e. The Balaban J connectivity index is 1.30. The fraction of sp³-hybridized carbons (Fsp3) is 0.406. The predicted octanol–water partition coefficient (Wildman–Crippen LogP) is 4.92. The van der Waals surface area contributed by atoms with Crippen LogP contribution in [0, 0.1) is 0 Å². The Morgan fingerprint density at radius 3 is 2.82 bits per heavy atom. The first-order chi connectivity index (χ1) is 18.8. The van der Waals surface area contributed by atoms with Gasteiger partial charge in [0.1, 0.15) is 18.6 Å². The molecule has 0 saturated carbocycles. The van der Waals surface area contributed by atoms with E-state index < -0.39 is 5.60 Å². The number of carbonyl (C=O) groups excluding carboxylic acids is 1. The summed E-state index contributed by atoms with van der Waals surface area (Å²) >= 11 is 6.05.